The summed E-state index contributed by atoms with van der Waals surface area (Å²) < 4.78 is 12.8. The Morgan fingerprint density at radius 2 is 2.12 bits per heavy atom. The molecule has 0 spiro atoms. The van der Waals surface area contributed by atoms with E-state index in [1.165, 1.54) is 17.0 Å². The second-order valence-corrected chi connectivity index (χ2v) is 4.30. The van der Waals surface area contributed by atoms with Gasteiger partial charge >= 0.3 is 6.09 Å². The fourth-order valence-corrected chi connectivity index (χ4v) is 2.05. The van der Waals surface area contributed by atoms with Gasteiger partial charge in [0, 0.05) is 19.1 Å². The molecule has 4 nitrogen and oxygen atoms in total. The molecular weight excluding hydrogens is 223 g/mol. The Morgan fingerprint density at radius 3 is 2.71 bits per heavy atom. The zero-order valence-corrected chi connectivity index (χ0v) is 9.56. The molecule has 0 unspecified atom stereocenters. The van der Waals surface area contributed by atoms with Crippen molar-refractivity contribution >= 4 is 6.09 Å². The van der Waals surface area contributed by atoms with Gasteiger partial charge in [-0.15, -0.1) is 0 Å². The van der Waals surface area contributed by atoms with Crippen molar-refractivity contribution < 1.29 is 14.3 Å². The first-order valence-electron chi connectivity index (χ1n) is 5.56. The molecule has 92 valence electrons. The number of nitrogens with one attached hydrogen (secondary N) is 1. The van der Waals surface area contributed by atoms with Crippen molar-refractivity contribution in [3.8, 4) is 0 Å². The highest BCUT2D eigenvalue weighted by Gasteiger charge is 2.28. The molecule has 0 aliphatic carbocycles. The zero-order chi connectivity index (χ0) is 12.4. The molecule has 1 saturated heterocycles. The molecule has 1 aromatic carbocycles. The Hall–Kier alpha value is -1.62. The summed E-state index contributed by atoms with van der Waals surface area (Å²) in [4.78, 5) is 12.4. The Kier molecular flexibility index (Phi) is 3.28. The summed E-state index contributed by atoms with van der Waals surface area (Å²) in [5.41, 5.74) is 0.907. The van der Waals surface area contributed by atoms with Gasteiger partial charge in [0.2, 0.25) is 0 Å². The first-order chi connectivity index (χ1) is 8.08. The van der Waals surface area contributed by atoms with Crippen molar-refractivity contribution in [2.75, 3.05) is 13.1 Å². The Labute approximate surface area is 99.0 Å². The summed E-state index contributed by atoms with van der Waals surface area (Å²) in [6, 6.07) is 6.04. The number of carbonyl (C=O) groups is 1. The van der Waals surface area contributed by atoms with Crippen molar-refractivity contribution in [2.24, 2.45) is 0 Å². The van der Waals surface area contributed by atoms with E-state index in [-0.39, 0.29) is 17.9 Å². The lowest BCUT2D eigenvalue weighted by Gasteiger charge is -2.37. The third-order valence-corrected chi connectivity index (χ3v) is 3.09. The number of piperazine rings is 1. The van der Waals surface area contributed by atoms with Crippen LogP contribution in [-0.2, 0) is 0 Å². The van der Waals surface area contributed by atoms with E-state index >= 15 is 0 Å². The third-order valence-electron chi connectivity index (χ3n) is 3.09. The van der Waals surface area contributed by atoms with Crippen LogP contribution in [-0.4, -0.2) is 35.2 Å². The molecule has 1 fully saturated rings. The van der Waals surface area contributed by atoms with E-state index < -0.39 is 6.09 Å². The lowest BCUT2D eigenvalue weighted by Crippen LogP contribution is -2.53. The molecule has 1 amide bonds. The number of carboxylic acid groups (broad SMARTS) is 1. The van der Waals surface area contributed by atoms with Gasteiger partial charge in [0.1, 0.15) is 5.82 Å². The topological polar surface area (TPSA) is 52.6 Å². The number of amides is 1. The molecule has 2 atom stereocenters. The van der Waals surface area contributed by atoms with E-state index in [0.29, 0.717) is 13.1 Å². The highest BCUT2D eigenvalue weighted by atomic mass is 19.1. The number of hydrogen-bond acceptors (Lipinski definition) is 2. The number of nitrogens with zero attached hydrogens (tertiary/aromatic N) is 1. The second-order valence-electron chi connectivity index (χ2n) is 4.30. The minimum atomic E-state index is -0.911. The van der Waals surface area contributed by atoms with Crippen LogP contribution in [0.5, 0.6) is 0 Å². The molecule has 1 aliphatic heterocycles. The van der Waals surface area contributed by atoms with Gasteiger partial charge in [-0.2, -0.15) is 0 Å². The quantitative estimate of drug-likeness (QED) is 0.785. The minimum absolute atomic E-state index is 0.0378. The molecule has 2 rings (SSSR count). The van der Waals surface area contributed by atoms with Crippen molar-refractivity contribution in [1.29, 1.82) is 0 Å². The van der Waals surface area contributed by atoms with Crippen LogP contribution in [0.2, 0.25) is 0 Å². The van der Waals surface area contributed by atoms with Gasteiger partial charge in [-0.25, -0.2) is 9.18 Å². The van der Waals surface area contributed by atoms with E-state index in [9.17, 15) is 9.18 Å². The molecule has 1 aliphatic rings. The molecule has 0 bridgehead atoms. The third kappa shape index (κ3) is 2.55. The van der Waals surface area contributed by atoms with Gasteiger partial charge in [0.05, 0.1) is 6.04 Å². The van der Waals surface area contributed by atoms with Crippen LogP contribution in [0.4, 0.5) is 9.18 Å². The van der Waals surface area contributed by atoms with E-state index in [1.807, 2.05) is 6.92 Å². The monoisotopic (exact) mass is 238 g/mol. The van der Waals surface area contributed by atoms with Gasteiger partial charge in [-0.3, -0.25) is 0 Å². The van der Waals surface area contributed by atoms with Crippen LogP contribution in [0.3, 0.4) is 0 Å². The van der Waals surface area contributed by atoms with Crippen LogP contribution in [0.15, 0.2) is 24.3 Å². The second kappa shape index (κ2) is 4.71. The maximum Gasteiger partial charge on any atom is 0.407 e. The molecule has 5 heteroatoms. The Morgan fingerprint density at radius 1 is 1.47 bits per heavy atom. The SMILES string of the molecule is C[C@@H]1CN[C@@H](c2ccc(F)cc2)CN1C(=O)O. The van der Waals surface area contributed by atoms with E-state index in [1.54, 1.807) is 12.1 Å². The first kappa shape index (κ1) is 11.9. The lowest BCUT2D eigenvalue weighted by molar-refractivity contribution is 0.104. The summed E-state index contributed by atoms with van der Waals surface area (Å²) in [5, 5.41) is 12.3. The average Bonchev–Trinajstić information content (AvgIpc) is 2.30. The van der Waals surface area contributed by atoms with Crippen LogP contribution in [0.25, 0.3) is 0 Å². The maximum absolute atomic E-state index is 12.8. The van der Waals surface area contributed by atoms with Gasteiger partial charge in [0.25, 0.3) is 0 Å². The predicted molar refractivity (Wildman–Crippen MR) is 61.3 cm³/mol. The summed E-state index contributed by atoms with van der Waals surface area (Å²) in [5.74, 6) is -0.284. The maximum atomic E-state index is 12.8. The smallest absolute Gasteiger partial charge is 0.407 e. The van der Waals surface area contributed by atoms with Crippen LogP contribution >= 0.6 is 0 Å². The summed E-state index contributed by atoms with van der Waals surface area (Å²) in [6.45, 7) is 2.86. The summed E-state index contributed by atoms with van der Waals surface area (Å²) in [7, 11) is 0. The summed E-state index contributed by atoms with van der Waals surface area (Å²) >= 11 is 0. The lowest BCUT2D eigenvalue weighted by atomic mass is 10.0. The van der Waals surface area contributed by atoms with E-state index in [2.05, 4.69) is 5.32 Å². The normalized spacial score (nSPS) is 24.7. The highest BCUT2D eigenvalue weighted by molar-refractivity contribution is 5.65. The number of hydrogen-bond donors (Lipinski definition) is 2. The van der Waals surface area contributed by atoms with E-state index in [0.717, 1.165) is 5.56 Å². The predicted octanol–water partition coefficient (Wildman–Crippen LogP) is 1.84. The van der Waals surface area contributed by atoms with Crippen molar-refractivity contribution in [3.63, 3.8) is 0 Å². The van der Waals surface area contributed by atoms with Gasteiger partial charge in [0.15, 0.2) is 0 Å². The highest BCUT2D eigenvalue weighted by Crippen LogP contribution is 2.20. The molecular formula is C12H15FN2O2. The molecule has 0 radical (unpaired) electrons. The number of halogens is 1. The number of benzene rings is 1. The fraction of sp³-hybridized carbons (Fsp3) is 0.417. The zero-order valence-electron chi connectivity index (χ0n) is 9.56. The molecule has 0 saturated carbocycles. The molecule has 2 N–H and O–H groups in total. The molecule has 17 heavy (non-hydrogen) atoms. The van der Waals surface area contributed by atoms with Crippen LogP contribution < -0.4 is 5.32 Å². The van der Waals surface area contributed by atoms with Crippen molar-refractivity contribution in [3.05, 3.63) is 35.6 Å². The molecule has 0 aromatic heterocycles. The Balaban J connectivity index is 2.13. The summed E-state index contributed by atoms with van der Waals surface area (Å²) in [6.07, 6.45) is -0.911. The largest absolute Gasteiger partial charge is 0.465 e. The van der Waals surface area contributed by atoms with Gasteiger partial charge < -0.3 is 15.3 Å². The fourth-order valence-electron chi connectivity index (χ4n) is 2.05. The molecule has 1 heterocycles. The molecule has 1 aromatic rings. The van der Waals surface area contributed by atoms with Gasteiger partial charge in [-0.05, 0) is 24.6 Å². The van der Waals surface area contributed by atoms with E-state index in [4.69, 9.17) is 5.11 Å². The van der Waals surface area contributed by atoms with Crippen LogP contribution in [0.1, 0.15) is 18.5 Å². The number of rotatable bonds is 1. The Bertz CT molecular complexity index is 407. The van der Waals surface area contributed by atoms with Gasteiger partial charge in [-0.1, -0.05) is 12.1 Å². The minimum Gasteiger partial charge on any atom is -0.465 e. The standard InChI is InChI=1S/C12H15FN2O2/c1-8-6-14-11(7-15(8)12(16)17)9-2-4-10(13)5-3-9/h2-5,8,11,14H,6-7H2,1H3,(H,16,17)/t8-,11-/m1/s1. The van der Waals surface area contributed by atoms with Crippen LogP contribution in [0, 0.1) is 5.82 Å². The average molecular weight is 238 g/mol. The van der Waals surface area contributed by atoms with Crippen molar-refractivity contribution in [1.82, 2.24) is 10.2 Å². The first-order valence-corrected chi connectivity index (χ1v) is 5.56. The van der Waals surface area contributed by atoms with Crippen molar-refractivity contribution in [2.45, 2.75) is 19.0 Å².